The van der Waals surface area contributed by atoms with Crippen molar-refractivity contribution in [2.75, 3.05) is 11.9 Å². The first-order valence-corrected chi connectivity index (χ1v) is 13.0. The van der Waals surface area contributed by atoms with Gasteiger partial charge in [-0.15, -0.1) is 0 Å². The number of fused-ring (bicyclic) bond motifs is 1. The van der Waals surface area contributed by atoms with Crippen LogP contribution >= 0.6 is 31.9 Å². The van der Waals surface area contributed by atoms with E-state index in [0.29, 0.717) is 39.1 Å². The summed E-state index contributed by atoms with van der Waals surface area (Å²) in [6, 6.07) is 18.4. The van der Waals surface area contributed by atoms with E-state index in [1.54, 1.807) is 24.4 Å². The molecule has 0 radical (unpaired) electrons. The van der Waals surface area contributed by atoms with Gasteiger partial charge in [-0.1, -0.05) is 40.5 Å². The molecule has 4 aromatic rings. The molecule has 0 fully saturated rings. The fraction of sp³-hybridized carbons (Fsp3) is 0.185. The Labute approximate surface area is 225 Å². The van der Waals surface area contributed by atoms with Crippen LogP contribution in [0.2, 0.25) is 0 Å². The molecule has 4 rings (SSSR count). The maximum absolute atomic E-state index is 13.1. The summed E-state index contributed by atoms with van der Waals surface area (Å²) in [5.41, 5.74) is 3.01. The first-order valence-electron chi connectivity index (χ1n) is 11.4. The van der Waals surface area contributed by atoms with Gasteiger partial charge in [0.2, 0.25) is 0 Å². The van der Waals surface area contributed by atoms with Gasteiger partial charge in [-0.05, 0) is 83.4 Å². The summed E-state index contributed by atoms with van der Waals surface area (Å²) in [5, 5.41) is 7.75. The highest BCUT2D eigenvalue weighted by atomic mass is 79.9. The van der Waals surface area contributed by atoms with Gasteiger partial charge in [0.25, 0.3) is 11.5 Å². The predicted octanol–water partition coefficient (Wildman–Crippen LogP) is 6.08. The van der Waals surface area contributed by atoms with E-state index in [-0.39, 0.29) is 18.1 Å². The number of ether oxygens (including phenoxy) is 1. The number of anilines is 1. The van der Waals surface area contributed by atoms with Gasteiger partial charge in [0, 0.05) is 16.6 Å². The molecule has 0 aliphatic rings. The number of hydrogen-bond acceptors (Lipinski definition) is 5. The Balaban J connectivity index is 1.49. The summed E-state index contributed by atoms with van der Waals surface area (Å²) in [6.07, 6.45) is 3.06. The van der Waals surface area contributed by atoms with Crippen molar-refractivity contribution in [1.82, 2.24) is 9.66 Å². The highest BCUT2D eigenvalue weighted by molar-refractivity contribution is 9.10. The van der Waals surface area contributed by atoms with Gasteiger partial charge in [0.1, 0.15) is 11.6 Å². The van der Waals surface area contributed by atoms with Gasteiger partial charge in [-0.2, -0.15) is 9.78 Å². The third-order valence-electron chi connectivity index (χ3n) is 5.32. The van der Waals surface area contributed by atoms with Gasteiger partial charge in [-0.3, -0.25) is 9.59 Å². The monoisotopic (exact) mass is 610 g/mol. The van der Waals surface area contributed by atoms with Crippen LogP contribution in [-0.4, -0.2) is 28.4 Å². The number of carbonyl (C=O) groups excluding carboxylic acids is 1. The fourth-order valence-corrected chi connectivity index (χ4v) is 4.39. The van der Waals surface area contributed by atoms with Crippen LogP contribution in [0.25, 0.3) is 10.9 Å². The zero-order chi connectivity index (χ0) is 25.7. The van der Waals surface area contributed by atoms with Crippen molar-refractivity contribution >= 4 is 60.6 Å². The Morgan fingerprint density at radius 2 is 1.89 bits per heavy atom. The number of nitrogens with zero attached hydrogens (tertiary/aromatic N) is 3. The second-order valence-electron chi connectivity index (χ2n) is 8.19. The van der Waals surface area contributed by atoms with Crippen molar-refractivity contribution in [3.05, 3.63) is 96.9 Å². The zero-order valence-electron chi connectivity index (χ0n) is 19.8. The van der Waals surface area contributed by atoms with Crippen molar-refractivity contribution in [3.63, 3.8) is 0 Å². The third kappa shape index (κ3) is 6.27. The molecule has 0 unspecified atom stereocenters. The average Bonchev–Trinajstić information content (AvgIpc) is 2.85. The van der Waals surface area contributed by atoms with Crippen LogP contribution in [0.15, 0.2) is 79.5 Å². The SMILES string of the molecule is CCCc1nc2ccc(Br)cc2c(=O)n1N=Cc1ccc(OCC(=O)Nc2ccc(C)cc2)c(Br)c1. The van der Waals surface area contributed by atoms with Gasteiger partial charge in [-0.25, -0.2) is 4.98 Å². The lowest BCUT2D eigenvalue weighted by Crippen LogP contribution is -2.22. The smallest absolute Gasteiger partial charge is 0.282 e. The van der Waals surface area contributed by atoms with E-state index in [9.17, 15) is 9.59 Å². The summed E-state index contributed by atoms with van der Waals surface area (Å²) in [5.74, 6) is 0.870. The number of benzene rings is 3. The molecule has 184 valence electrons. The Morgan fingerprint density at radius 1 is 1.11 bits per heavy atom. The van der Waals surface area contributed by atoms with E-state index in [2.05, 4.69) is 47.3 Å². The second kappa shape index (κ2) is 11.6. The van der Waals surface area contributed by atoms with Crippen LogP contribution in [-0.2, 0) is 11.2 Å². The molecule has 0 bridgehead atoms. The predicted molar refractivity (Wildman–Crippen MR) is 150 cm³/mol. The van der Waals surface area contributed by atoms with Gasteiger partial charge < -0.3 is 10.1 Å². The van der Waals surface area contributed by atoms with E-state index in [0.717, 1.165) is 22.0 Å². The molecule has 7 nitrogen and oxygen atoms in total. The lowest BCUT2D eigenvalue weighted by Gasteiger charge is -2.10. The molecule has 1 amide bonds. The molecule has 0 saturated heterocycles. The Kier molecular flexibility index (Phi) is 8.32. The van der Waals surface area contributed by atoms with Crippen LogP contribution < -0.4 is 15.6 Å². The van der Waals surface area contributed by atoms with Gasteiger partial charge in [0.05, 0.1) is 21.6 Å². The Bertz CT molecular complexity index is 1500. The summed E-state index contributed by atoms with van der Waals surface area (Å²) >= 11 is 6.90. The summed E-state index contributed by atoms with van der Waals surface area (Å²) < 4.78 is 8.49. The summed E-state index contributed by atoms with van der Waals surface area (Å²) in [4.78, 5) is 30.0. The van der Waals surface area contributed by atoms with E-state index >= 15 is 0 Å². The maximum Gasteiger partial charge on any atom is 0.282 e. The average molecular weight is 612 g/mol. The highest BCUT2D eigenvalue weighted by Gasteiger charge is 2.11. The molecule has 3 aromatic carbocycles. The third-order valence-corrected chi connectivity index (χ3v) is 6.43. The van der Waals surface area contributed by atoms with Gasteiger partial charge >= 0.3 is 0 Å². The van der Waals surface area contributed by atoms with E-state index < -0.39 is 0 Å². The standard InChI is InChI=1S/C27H24Br2N4O3/c1-3-4-25-32-23-11-8-19(28)14-21(23)27(35)33(25)30-15-18-7-12-24(22(29)13-18)36-16-26(34)31-20-9-5-17(2)6-10-20/h5-15H,3-4,16H2,1-2H3,(H,31,34). The number of rotatable bonds is 8. The molecule has 1 aromatic heterocycles. The number of aromatic nitrogens is 2. The van der Waals surface area contributed by atoms with E-state index in [1.165, 1.54) is 4.68 Å². The number of nitrogens with one attached hydrogen (secondary N) is 1. The molecular formula is C27H24Br2N4O3. The number of hydrogen-bond donors (Lipinski definition) is 1. The first kappa shape index (κ1) is 25.8. The van der Waals surface area contributed by atoms with Crippen molar-refractivity contribution in [1.29, 1.82) is 0 Å². The summed E-state index contributed by atoms with van der Waals surface area (Å²) in [6.45, 7) is 3.89. The molecule has 0 aliphatic carbocycles. The van der Waals surface area contributed by atoms with Crippen LogP contribution in [0.1, 0.15) is 30.3 Å². The molecule has 0 aliphatic heterocycles. The Hall–Kier alpha value is -3.30. The Morgan fingerprint density at radius 3 is 2.61 bits per heavy atom. The zero-order valence-corrected chi connectivity index (χ0v) is 23.0. The van der Waals surface area contributed by atoms with Crippen molar-refractivity contribution < 1.29 is 9.53 Å². The molecule has 0 atom stereocenters. The second-order valence-corrected chi connectivity index (χ2v) is 9.96. The molecule has 1 heterocycles. The molecule has 36 heavy (non-hydrogen) atoms. The molecular weight excluding hydrogens is 588 g/mol. The number of aryl methyl sites for hydroxylation is 2. The minimum Gasteiger partial charge on any atom is -0.483 e. The maximum atomic E-state index is 13.1. The first-order chi connectivity index (χ1) is 17.3. The van der Waals surface area contributed by atoms with Crippen LogP contribution in [0, 0.1) is 6.92 Å². The molecule has 0 spiro atoms. The normalized spacial score (nSPS) is 11.2. The quantitative estimate of drug-likeness (QED) is 0.245. The summed E-state index contributed by atoms with van der Waals surface area (Å²) in [7, 11) is 0. The number of carbonyl (C=O) groups is 1. The topological polar surface area (TPSA) is 85.6 Å². The van der Waals surface area contributed by atoms with E-state index in [4.69, 9.17) is 4.74 Å². The van der Waals surface area contributed by atoms with Crippen molar-refractivity contribution in [2.24, 2.45) is 5.10 Å². The number of halogens is 2. The lowest BCUT2D eigenvalue weighted by molar-refractivity contribution is -0.118. The fourth-order valence-electron chi connectivity index (χ4n) is 3.52. The molecule has 0 saturated carbocycles. The van der Waals surface area contributed by atoms with Crippen molar-refractivity contribution in [3.8, 4) is 5.75 Å². The highest BCUT2D eigenvalue weighted by Crippen LogP contribution is 2.25. The van der Waals surface area contributed by atoms with Crippen LogP contribution in [0.4, 0.5) is 5.69 Å². The van der Waals surface area contributed by atoms with Crippen LogP contribution in [0.3, 0.4) is 0 Å². The largest absolute Gasteiger partial charge is 0.483 e. The molecule has 1 N–H and O–H groups in total. The minimum atomic E-state index is -0.255. The van der Waals surface area contributed by atoms with Gasteiger partial charge in [0.15, 0.2) is 6.61 Å². The number of amides is 1. The van der Waals surface area contributed by atoms with E-state index in [1.807, 2.05) is 56.3 Å². The lowest BCUT2D eigenvalue weighted by atomic mass is 10.2. The van der Waals surface area contributed by atoms with Crippen LogP contribution in [0.5, 0.6) is 5.75 Å². The molecule has 9 heteroatoms. The van der Waals surface area contributed by atoms with Crippen molar-refractivity contribution in [2.45, 2.75) is 26.7 Å². The minimum absolute atomic E-state index is 0.131.